The van der Waals surface area contributed by atoms with Crippen LogP contribution in [-0.4, -0.2) is 32.2 Å². The number of aryl methyl sites for hydroxylation is 1. The first kappa shape index (κ1) is 13.9. The van der Waals surface area contributed by atoms with Crippen LogP contribution >= 0.6 is 0 Å². The highest BCUT2D eigenvalue weighted by Gasteiger charge is 2.13. The number of urea groups is 1. The molecule has 0 aliphatic carbocycles. The van der Waals surface area contributed by atoms with Crippen LogP contribution in [0.1, 0.15) is 24.8 Å². The van der Waals surface area contributed by atoms with Gasteiger partial charge in [0.05, 0.1) is 26.2 Å². The maximum absolute atomic E-state index is 11.8. The lowest BCUT2D eigenvalue weighted by atomic mass is 10.1. The molecule has 1 fully saturated rings. The number of quaternary nitrogens is 1. The number of benzene rings is 1. The smallest absolute Gasteiger partial charge is 0.319 e. The molecule has 4 nitrogen and oxygen atoms in total. The van der Waals surface area contributed by atoms with Crippen LogP contribution in [-0.2, 0) is 0 Å². The van der Waals surface area contributed by atoms with E-state index in [9.17, 15) is 4.79 Å². The molecule has 0 radical (unpaired) electrons. The number of hydrogen-bond acceptors (Lipinski definition) is 1. The quantitative estimate of drug-likeness (QED) is 0.750. The number of rotatable bonds is 4. The number of nitrogens with one attached hydrogen (secondary N) is 3. The van der Waals surface area contributed by atoms with Crippen LogP contribution in [0.3, 0.4) is 0 Å². The average Bonchev–Trinajstić information content (AvgIpc) is 2.43. The molecule has 1 heterocycles. The van der Waals surface area contributed by atoms with E-state index < -0.39 is 0 Å². The Labute approximate surface area is 115 Å². The molecule has 0 atom stereocenters. The summed E-state index contributed by atoms with van der Waals surface area (Å²) in [6.45, 7) is 6.27. The Kier molecular flexibility index (Phi) is 5.21. The summed E-state index contributed by atoms with van der Waals surface area (Å²) < 4.78 is 0. The molecule has 1 saturated heterocycles. The van der Waals surface area contributed by atoms with E-state index in [4.69, 9.17) is 0 Å². The van der Waals surface area contributed by atoms with Gasteiger partial charge in [0.1, 0.15) is 0 Å². The lowest BCUT2D eigenvalue weighted by Crippen LogP contribution is -3.13. The molecule has 0 bridgehead atoms. The monoisotopic (exact) mass is 262 g/mol. The second kappa shape index (κ2) is 7.14. The minimum absolute atomic E-state index is 0.106. The molecule has 104 valence electrons. The number of anilines is 1. The van der Waals surface area contributed by atoms with Crippen molar-refractivity contribution >= 4 is 11.7 Å². The van der Waals surface area contributed by atoms with Gasteiger partial charge in [-0.15, -0.1) is 0 Å². The maximum Gasteiger partial charge on any atom is 0.319 e. The zero-order valence-electron chi connectivity index (χ0n) is 11.7. The van der Waals surface area contributed by atoms with E-state index in [0.717, 1.165) is 24.3 Å². The first-order chi connectivity index (χ1) is 9.25. The van der Waals surface area contributed by atoms with Gasteiger partial charge in [-0.2, -0.15) is 0 Å². The number of carbonyl (C=O) groups is 1. The summed E-state index contributed by atoms with van der Waals surface area (Å²) in [5.41, 5.74) is 1.96. The van der Waals surface area contributed by atoms with Gasteiger partial charge in [0.25, 0.3) is 0 Å². The van der Waals surface area contributed by atoms with Gasteiger partial charge in [-0.3, -0.25) is 0 Å². The van der Waals surface area contributed by atoms with E-state index in [2.05, 4.69) is 10.6 Å². The summed E-state index contributed by atoms with van der Waals surface area (Å²) >= 11 is 0. The summed E-state index contributed by atoms with van der Waals surface area (Å²) in [4.78, 5) is 13.4. The van der Waals surface area contributed by atoms with Crippen LogP contribution in [0.4, 0.5) is 10.5 Å². The Hall–Kier alpha value is -1.55. The van der Waals surface area contributed by atoms with Crippen LogP contribution in [0.2, 0.25) is 0 Å². The van der Waals surface area contributed by atoms with Gasteiger partial charge in [0.2, 0.25) is 0 Å². The first-order valence-electron chi connectivity index (χ1n) is 7.20. The second-order valence-electron chi connectivity index (χ2n) is 5.26. The number of likely N-dealkylation sites (tertiary alicyclic amines) is 1. The topological polar surface area (TPSA) is 45.6 Å². The fourth-order valence-electron chi connectivity index (χ4n) is 2.53. The van der Waals surface area contributed by atoms with Gasteiger partial charge in [-0.05, 0) is 37.8 Å². The molecule has 3 N–H and O–H groups in total. The number of piperidine rings is 1. The first-order valence-corrected chi connectivity index (χ1v) is 7.20. The molecule has 1 aromatic rings. The van der Waals surface area contributed by atoms with Crippen molar-refractivity contribution in [3.8, 4) is 0 Å². The van der Waals surface area contributed by atoms with Crippen LogP contribution in [0.5, 0.6) is 0 Å². The molecule has 0 aromatic heterocycles. The van der Waals surface area contributed by atoms with E-state index in [0.29, 0.717) is 0 Å². The molecular formula is C15H24N3O+. The zero-order valence-corrected chi connectivity index (χ0v) is 11.7. The van der Waals surface area contributed by atoms with Crippen LogP contribution in [0.15, 0.2) is 24.3 Å². The van der Waals surface area contributed by atoms with Crippen molar-refractivity contribution in [1.82, 2.24) is 5.32 Å². The molecule has 0 saturated carbocycles. The van der Waals surface area contributed by atoms with Gasteiger partial charge < -0.3 is 15.5 Å². The Balaban J connectivity index is 1.68. The number of amides is 2. The average molecular weight is 262 g/mol. The lowest BCUT2D eigenvalue weighted by Gasteiger charge is -2.23. The molecule has 1 aromatic carbocycles. The van der Waals surface area contributed by atoms with Crippen molar-refractivity contribution in [2.75, 3.05) is 31.5 Å². The third kappa shape index (κ3) is 4.56. The van der Waals surface area contributed by atoms with Crippen molar-refractivity contribution in [1.29, 1.82) is 0 Å². The summed E-state index contributed by atoms with van der Waals surface area (Å²) in [7, 11) is 0. The van der Waals surface area contributed by atoms with Crippen molar-refractivity contribution in [3.63, 3.8) is 0 Å². The van der Waals surface area contributed by atoms with Gasteiger partial charge in [0.15, 0.2) is 0 Å². The van der Waals surface area contributed by atoms with E-state index in [1.807, 2.05) is 31.2 Å². The fraction of sp³-hybridized carbons (Fsp3) is 0.533. The minimum atomic E-state index is -0.106. The SMILES string of the molecule is Cc1ccccc1NC(=O)NCC[NH+]1CCCCC1. The number of para-hydroxylation sites is 1. The fourth-order valence-corrected chi connectivity index (χ4v) is 2.53. The molecule has 4 heteroatoms. The van der Waals surface area contributed by atoms with Crippen molar-refractivity contribution in [3.05, 3.63) is 29.8 Å². The second-order valence-corrected chi connectivity index (χ2v) is 5.26. The molecule has 1 aliphatic heterocycles. The van der Waals surface area contributed by atoms with E-state index in [1.165, 1.54) is 32.4 Å². The van der Waals surface area contributed by atoms with Gasteiger partial charge >= 0.3 is 6.03 Å². The Bertz CT molecular complexity index is 414. The van der Waals surface area contributed by atoms with Gasteiger partial charge in [-0.1, -0.05) is 18.2 Å². The van der Waals surface area contributed by atoms with E-state index in [1.54, 1.807) is 4.90 Å². The van der Waals surface area contributed by atoms with Crippen LogP contribution < -0.4 is 15.5 Å². The van der Waals surface area contributed by atoms with Crippen LogP contribution in [0, 0.1) is 6.92 Å². The third-order valence-electron chi connectivity index (χ3n) is 3.72. The number of hydrogen-bond donors (Lipinski definition) is 3. The Morgan fingerprint density at radius 2 is 1.95 bits per heavy atom. The highest BCUT2D eigenvalue weighted by atomic mass is 16.2. The normalized spacial score (nSPS) is 16.1. The highest BCUT2D eigenvalue weighted by molar-refractivity contribution is 5.89. The molecule has 0 unspecified atom stereocenters. The Morgan fingerprint density at radius 3 is 2.68 bits per heavy atom. The minimum Gasteiger partial charge on any atom is -0.333 e. The van der Waals surface area contributed by atoms with Crippen molar-refractivity contribution in [2.45, 2.75) is 26.2 Å². The standard InChI is InChI=1S/C15H23N3O/c1-13-7-3-4-8-14(13)17-15(19)16-9-12-18-10-5-2-6-11-18/h3-4,7-8H,2,5-6,9-12H2,1H3,(H2,16,17,19)/p+1. The summed E-state index contributed by atoms with van der Waals surface area (Å²) in [6, 6.07) is 7.71. The zero-order chi connectivity index (χ0) is 13.5. The summed E-state index contributed by atoms with van der Waals surface area (Å²) in [5.74, 6) is 0. The molecule has 19 heavy (non-hydrogen) atoms. The molecule has 2 rings (SSSR count). The van der Waals surface area contributed by atoms with E-state index >= 15 is 0 Å². The lowest BCUT2D eigenvalue weighted by molar-refractivity contribution is -0.903. The third-order valence-corrected chi connectivity index (χ3v) is 3.72. The maximum atomic E-state index is 11.8. The van der Waals surface area contributed by atoms with Gasteiger partial charge in [0, 0.05) is 5.69 Å². The summed E-state index contributed by atoms with van der Waals surface area (Å²) in [5, 5.41) is 5.82. The predicted molar refractivity (Wildman–Crippen MR) is 77.6 cm³/mol. The molecule has 1 aliphatic rings. The Morgan fingerprint density at radius 1 is 1.21 bits per heavy atom. The van der Waals surface area contributed by atoms with Crippen molar-refractivity contribution in [2.24, 2.45) is 0 Å². The molecular weight excluding hydrogens is 238 g/mol. The summed E-state index contributed by atoms with van der Waals surface area (Å²) in [6.07, 6.45) is 4.01. The van der Waals surface area contributed by atoms with Crippen molar-refractivity contribution < 1.29 is 9.69 Å². The number of carbonyl (C=O) groups excluding carboxylic acids is 1. The van der Waals surface area contributed by atoms with E-state index in [-0.39, 0.29) is 6.03 Å². The largest absolute Gasteiger partial charge is 0.333 e. The predicted octanol–water partition coefficient (Wildman–Crippen LogP) is 1.19. The highest BCUT2D eigenvalue weighted by Crippen LogP contribution is 2.12. The van der Waals surface area contributed by atoms with Crippen LogP contribution in [0.25, 0.3) is 0 Å². The van der Waals surface area contributed by atoms with Gasteiger partial charge in [-0.25, -0.2) is 4.79 Å². The molecule has 2 amide bonds. The molecule has 0 spiro atoms.